The zero-order valence-corrected chi connectivity index (χ0v) is 12.9. The first kappa shape index (κ1) is 15.6. The summed E-state index contributed by atoms with van der Waals surface area (Å²) in [4.78, 5) is 24.0. The van der Waals surface area contributed by atoms with Crippen LogP contribution in [0.5, 0.6) is 0 Å². The number of carbonyl (C=O) groups is 2. The van der Waals surface area contributed by atoms with Gasteiger partial charge in [0.15, 0.2) is 5.76 Å². The number of benzene rings is 1. The number of hydrogen-bond donors (Lipinski definition) is 2. The van der Waals surface area contributed by atoms with E-state index in [0.717, 1.165) is 18.2 Å². The molecule has 3 rings (SSSR count). The van der Waals surface area contributed by atoms with E-state index in [9.17, 15) is 14.7 Å². The topological polar surface area (TPSA) is 88.8 Å². The van der Waals surface area contributed by atoms with Gasteiger partial charge < -0.3 is 19.6 Å². The minimum absolute atomic E-state index is 0.161. The number of nitrogens with one attached hydrogen (secondary N) is 1. The van der Waals surface area contributed by atoms with Crippen LogP contribution in [0.4, 0.5) is 0 Å². The van der Waals surface area contributed by atoms with Gasteiger partial charge in [-0.15, -0.1) is 0 Å². The van der Waals surface area contributed by atoms with Gasteiger partial charge in [0.1, 0.15) is 11.6 Å². The third-order valence-electron chi connectivity index (χ3n) is 4.27. The number of carboxylic acid groups (broad SMARTS) is 1. The van der Waals surface area contributed by atoms with Crippen molar-refractivity contribution < 1.29 is 23.8 Å². The van der Waals surface area contributed by atoms with Crippen molar-refractivity contribution in [2.75, 3.05) is 13.2 Å². The number of para-hydroxylation sites is 1. The van der Waals surface area contributed by atoms with Gasteiger partial charge in [-0.2, -0.15) is 0 Å². The van der Waals surface area contributed by atoms with Gasteiger partial charge in [-0.3, -0.25) is 4.79 Å². The molecule has 2 atom stereocenters. The van der Waals surface area contributed by atoms with Crippen molar-refractivity contribution in [1.29, 1.82) is 0 Å². The van der Waals surface area contributed by atoms with E-state index in [-0.39, 0.29) is 11.7 Å². The first-order chi connectivity index (χ1) is 11.1. The van der Waals surface area contributed by atoms with E-state index in [2.05, 4.69) is 5.32 Å². The van der Waals surface area contributed by atoms with E-state index < -0.39 is 17.9 Å². The normalized spacial score (nSPS) is 19.4. The Kier molecular flexibility index (Phi) is 4.34. The Bertz CT molecular complexity index is 730. The summed E-state index contributed by atoms with van der Waals surface area (Å²) in [7, 11) is 0. The highest BCUT2D eigenvalue weighted by Gasteiger charge is 2.32. The molecule has 6 nitrogen and oxygen atoms in total. The molecule has 2 N–H and O–H groups in total. The summed E-state index contributed by atoms with van der Waals surface area (Å²) in [5.41, 5.74) is 1.32. The molecule has 1 aromatic heterocycles. The van der Waals surface area contributed by atoms with E-state index in [1.807, 2.05) is 18.2 Å². The number of fused-ring (bicyclic) bond motifs is 1. The van der Waals surface area contributed by atoms with Gasteiger partial charge in [0, 0.05) is 23.5 Å². The molecule has 0 radical (unpaired) electrons. The van der Waals surface area contributed by atoms with Crippen molar-refractivity contribution in [3.63, 3.8) is 0 Å². The molecule has 23 heavy (non-hydrogen) atoms. The lowest BCUT2D eigenvalue weighted by molar-refractivity contribution is -0.142. The monoisotopic (exact) mass is 317 g/mol. The Morgan fingerprint density at radius 2 is 2.13 bits per heavy atom. The summed E-state index contributed by atoms with van der Waals surface area (Å²) in [6.07, 6.45) is 1.52. The molecule has 1 aromatic carbocycles. The lowest BCUT2D eigenvalue weighted by Crippen LogP contribution is -2.48. The Balaban J connectivity index is 1.83. The third-order valence-corrected chi connectivity index (χ3v) is 4.27. The van der Waals surface area contributed by atoms with E-state index >= 15 is 0 Å². The van der Waals surface area contributed by atoms with Crippen LogP contribution in [0.2, 0.25) is 0 Å². The second kappa shape index (κ2) is 6.42. The molecule has 1 saturated heterocycles. The molecule has 1 fully saturated rings. The maximum absolute atomic E-state index is 12.5. The van der Waals surface area contributed by atoms with Crippen LogP contribution in [0.3, 0.4) is 0 Å². The van der Waals surface area contributed by atoms with E-state index in [0.29, 0.717) is 24.4 Å². The number of aryl methyl sites for hydroxylation is 1. The summed E-state index contributed by atoms with van der Waals surface area (Å²) in [5, 5.41) is 12.9. The zero-order valence-electron chi connectivity index (χ0n) is 12.9. The molecule has 1 aliphatic rings. The van der Waals surface area contributed by atoms with Crippen LogP contribution in [-0.2, 0) is 9.53 Å². The number of furan rings is 1. The number of carbonyl (C=O) groups excluding carboxylic acids is 1. The van der Waals surface area contributed by atoms with Crippen LogP contribution in [0.15, 0.2) is 28.7 Å². The fourth-order valence-electron chi connectivity index (χ4n) is 3.01. The van der Waals surface area contributed by atoms with Gasteiger partial charge in [0.2, 0.25) is 0 Å². The van der Waals surface area contributed by atoms with Crippen LogP contribution in [-0.4, -0.2) is 36.2 Å². The first-order valence-electron chi connectivity index (χ1n) is 7.67. The molecular formula is C17H19NO5. The fraction of sp³-hybridized carbons (Fsp3) is 0.412. The van der Waals surface area contributed by atoms with Gasteiger partial charge in [0.25, 0.3) is 5.91 Å². The lowest BCUT2D eigenvalue weighted by Gasteiger charge is -2.27. The summed E-state index contributed by atoms with van der Waals surface area (Å²) in [6, 6.07) is 6.37. The largest absolute Gasteiger partial charge is 0.480 e. The second-order valence-corrected chi connectivity index (χ2v) is 5.82. The van der Waals surface area contributed by atoms with E-state index in [1.54, 1.807) is 13.0 Å². The summed E-state index contributed by atoms with van der Waals surface area (Å²) in [6.45, 7) is 2.77. The standard InChI is InChI=1S/C17H19NO5/c1-10-12-6-2-3-7-13(12)23-15(10)16(19)18-14(17(20)21)11-5-4-8-22-9-11/h2-3,6-7,11,14H,4-5,8-9H2,1H3,(H,18,19)(H,20,21). The highest BCUT2D eigenvalue weighted by molar-refractivity contribution is 6.00. The van der Waals surface area contributed by atoms with Crippen molar-refractivity contribution in [3.05, 3.63) is 35.6 Å². The van der Waals surface area contributed by atoms with Crippen LogP contribution < -0.4 is 5.32 Å². The van der Waals surface area contributed by atoms with Crippen molar-refractivity contribution >= 4 is 22.8 Å². The highest BCUT2D eigenvalue weighted by atomic mass is 16.5. The Morgan fingerprint density at radius 3 is 2.78 bits per heavy atom. The molecule has 0 aliphatic carbocycles. The molecule has 2 unspecified atom stereocenters. The molecule has 2 heterocycles. The van der Waals surface area contributed by atoms with E-state index in [4.69, 9.17) is 9.15 Å². The number of carboxylic acids is 1. The maximum atomic E-state index is 12.5. The second-order valence-electron chi connectivity index (χ2n) is 5.82. The van der Waals surface area contributed by atoms with Crippen LogP contribution >= 0.6 is 0 Å². The number of rotatable bonds is 4. The summed E-state index contributed by atoms with van der Waals surface area (Å²) < 4.78 is 10.9. The molecule has 122 valence electrons. The smallest absolute Gasteiger partial charge is 0.326 e. The predicted octanol–water partition coefficient (Wildman–Crippen LogP) is 2.35. The average molecular weight is 317 g/mol. The van der Waals surface area contributed by atoms with E-state index in [1.165, 1.54) is 0 Å². The molecule has 0 saturated carbocycles. The quantitative estimate of drug-likeness (QED) is 0.903. The zero-order chi connectivity index (χ0) is 16.4. The van der Waals surface area contributed by atoms with Crippen LogP contribution in [0.25, 0.3) is 11.0 Å². The first-order valence-corrected chi connectivity index (χ1v) is 7.67. The number of aliphatic carboxylic acids is 1. The lowest BCUT2D eigenvalue weighted by atomic mass is 9.93. The van der Waals surface area contributed by atoms with Gasteiger partial charge in [0.05, 0.1) is 6.61 Å². The predicted molar refractivity (Wildman–Crippen MR) is 83.4 cm³/mol. The molecule has 1 amide bonds. The summed E-state index contributed by atoms with van der Waals surface area (Å²) >= 11 is 0. The van der Waals surface area contributed by atoms with Crippen LogP contribution in [0.1, 0.15) is 29.0 Å². The highest BCUT2D eigenvalue weighted by Crippen LogP contribution is 2.25. The van der Waals surface area contributed by atoms with Crippen LogP contribution in [0, 0.1) is 12.8 Å². The van der Waals surface area contributed by atoms with Crippen molar-refractivity contribution in [1.82, 2.24) is 5.32 Å². The van der Waals surface area contributed by atoms with Gasteiger partial charge in [-0.05, 0) is 25.8 Å². The Hall–Kier alpha value is -2.34. The summed E-state index contributed by atoms with van der Waals surface area (Å²) in [5.74, 6) is -1.62. The molecule has 1 aliphatic heterocycles. The minimum Gasteiger partial charge on any atom is -0.480 e. The number of amides is 1. The van der Waals surface area contributed by atoms with Gasteiger partial charge >= 0.3 is 5.97 Å². The third kappa shape index (κ3) is 3.07. The fourth-order valence-corrected chi connectivity index (χ4v) is 3.01. The molecule has 2 aromatic rings. The van der Waals surface area contributed by atoms with Gasteiger partial charge in [-0.1, -0.05) is 18.2 Å². The van der Waals surface area contributed by atoms with Gasteiger partial charge in [-0.25, -0.2) is 4.79 Å². The molecular weight excluding hydrogens is 298 g/mol. The average Bonchev–Trinajstić information content (AvgIpc) is 2.90. The molecule has 0 spiro atoms. The minimum atomic E-state index is -1.05. The SMILES string of the molecule is Cc1c(C(=O)NC(C(=O)O)C2CCCOC2)oc2ccccc12. The number of hydrogen-bond acceptors (Lipinski definition) is 4. The maximum Gasteiger partial charge on any atom is 0.326 e. The van der Waals surface area contributed by atoms with Crippen molar-refractivity contribution in [2.24, 2.45) is 5.92 Å². The number of ether oxygens (including phenoxy) is 1. The molecule has 6 heteroatoms. The Labute approximate surface area is 133 Å². The Morgan fingerprint density at radius 1 is 1.35 bits per heavy atom. The van der Waals surface area contributed by atoms with Crippen molar-refractivity contribution in [3.8, 4) is 0 Å². The molecule has 0 bridgehead atoms. The van der Waals surface area contributed by atoms with Crippen molar-refractivity contribution in [2.45, 2.75) is 25.8 Å².